The van der Waals surface area contributed by atoms with Crippen LogP contribution in [0, 0.1) is 13.8 Å². The molecule has 0 aliphatic heterocycles. The lowest BCUT2D eigenvalue weighted by molar-refractivity contribution is -0.114. The highest BCUT2D eigenvalue weighted by molar-refractivity contribution is 7.22. The van der Waals surface area contributed by atoms with Crippen molar-refractivity contribution < 1.29 is 14.3 Å². The Morgan fingerprint density at radius 2 is 1.85 bits per heavy atom. The van der Waals surface area contributed by atoms with Gasteiger partial charge in [-0.15, -0.1) is 0 Å². The van der Waals surface area contributed by atoms with Crippen molar-refractivity contribution in [3.05, 3.63) is 83.2 Å². The summed E-state index contributed by atoms with van der Waals surface area (Å²) >= 11 is 1.53. The van der Waals surface area contributed by atoms with Gasteiger partial charge in [0, 0.05) is 18.5 Å². The van der Waals surface area contributed by atoms with Gasteiger partial charge in [-0.1, -0.05) is 35.6 Å². The first-order valence-corrected chi connectivity index (χ1v) is 11.3. The molecule has 0 fully saturated rings. The molecule has 168 valence electrons. The Balaban J connectivity index is 1.69. The molecular formula is C26H25N3O3S. The fraction of sp³-hybridized carbons (Fsp3) is 0.192. The second-order valence-corrected chi connectivity index (χ2v) is 8.58. The van der Waals surface area contributed by atoms with E-state index < -0.39 is 0 Å². The first-order valence-electron chi connectivity index (χ1n) is 10.5. The summed E-state index contributed by atoms with van der Waals surface area (Å²) in [5.74, 6) is 1.08. The van der Waals surface area contributed by atoms with Crippen LogP contribution in [-0.4, -0.2) is 30.1 Å². The molecule has 0 aliphatic rings. The molecule has 0 saturated heterocycles. The largest absolute Gasteiger partial charge is 0.493 e. The van der Waals surface area contributed by atoms with Crippen molar-refractivity contribution in [2.24, 2.45) is 0 Å². The van der Waals surface area contributed by atoms with E-state index in [1.54, 1.807) is 43.7 Å². The van der Waals surface area contributed by atoms with Crippen molar-refractivity contribution in [1.82, 2.24) is 9.97 Å². The Bertz CT molecular complexity index is 1280. The smallest absolute Gasteiger partial charge is 0.253 e. The van der Waals surface area contributed by atoms with E-state index in [1.807, 2.05) is 37.3 Å². The molecule has 0 aliphatic carbocycles. The van der Waals surface area contributed by atoms with Crippen molar-refractivity contribution in [2.75, 3.05) is 19.1 Å². The minimum Gasteiger partial charge on any atom is -0.493 e. The van der Waals surface area contributed by atoms with Crippen LogP contribution in [-0.2, 0) is 11.3 Å². The van der Waals surface area contributed by atoms with Gasteiger partial charge in [-0.25, -0.2) is 4.98 Å². The van der Waals surface area contributed by atoms with Crippen LogP contribution in [0.1, 0.15) is 22.3 Å². The van der Waals surface area contributed by atoms with Crippen molar-refractivity contribution in [1.29, 1.82) is 0 Å². The number of anilines is 1. The second kappa shape index (κ2) is 9.83. The van der Waals surface area contributed by atoms with Gasteiger partial charge >= 0.3 is 0 Å². The number of aromatic nitrogens is 2. The molecular weight excluding hydrogens is 434 g/mol. The number of rotatable bonds is 7. The Labute approximate surface area is 197 Å². The molecule has 0 radical (unpaired) electrons. The number of aryl methyl sites for hydroxylation is 2. The maximum Gasteiger partial charge on any atom is 0.253 e. The van der Waals surface area contributed by atoms with Crippen LogP contribution in [0.15, 0.2) is 60.9 Å². The molecule has 0 bridgehead atoms. The number of benzene rings is 2. The average molecular weight is 460 g/mol. The van der Waals surface area contributed by atoms with Crippen LogP contribution in [0.4, 0.5) is 5.13 Å². The molecule has 0 N–H and O–H groups in total. The summed E-state index contributed by atoms with van der Waals surface area (Å²) in [6, 6.07) is 13.5. The van der Waals surface area contributed by atoms with E-state index in [0.29, 0.717) is 23.2 Å². The monoisotopic (exact) mass is 459 g/mol. The number of carbonyl (C=O) groups is 1. The molecule has 4 rings (SSSR count). The summed E-state index contributed by atoms with van der Waals surface area (Å²) in [5.41, 5.74) is 4.93. The van der Waals surface area contributed by atoms with E-state index >= 15 is 0 Å². The Hall–Kier alpha value is -3.71. The van der Waals surface area contributed by atoms with Gasteiger partial charge in [-0.3, -0.25) is 14.7 Å². The van der Waals surface area contributed by atoms with Gasteiger partial charge in [-0.2, -0.15) is 0 Å². The van der Waals surface area contributed by atoms with Gasteiger partial charge in [0.1, 0.15) is 0 Å². The molecule has 2 aromatic carbocycles. The third kappa shape index (κ3) is 4.88. The number of ether oxygens (including phenoxy) is 2. The number of thiazole rings is 1. The summed E-state index contributed by atoms with van der Waals surface area (Å²) in [4.78, 5) is 24.1. The summed E-state index contributed by atoms with van der Waals surface area (Å²) in [7, 11) is 3.18. The van der Waals surface area contributed by atoms with Crippen LogP contribution in [0.5, 0.6) is 11.5 Å². The van der Waals surface area contributed by atoms with Gasteiger partial charge in [0.05, 0.1) is 31.0 Å². The van der Waals surface area contributed by atoms with Crippen molar-refractivity contribution >= 4 is 38.7 Å². The molecule has 7 heteroatoms. The normalized spacial score (nSPS) is 11.2. The molecule has 0 unspecified atom stereocenters. The van der Waals surface area contributed by atoms with Gasteiger partial charge in [0.15, 0.2) is 16.6 Å². The number of hydrogen-bond acceptors (Lipinski definition) is 6. The number of fused-ring (bicyclic) bond motifs is 1. The van der Waals surface area contributed by atoms with Crippen LogP contribution in [0.3, 0.4) is 0 Å². The number of hydrogen-bond donors (Lipinski definition) is 0. The third-order valence-corrected chi connectivity index (χ3v) is 6.53. The molecule has 0 saturated carbocycles. The summed E-state index contributed by atoms with van der Waals surface area (Å²) in [6.45, 7) is 4.48. The van der Waals surface area contributed by atoms with E-state index in [0.717, 1.165) is 32.5 Å². The van der Waals surface area contributed by atoms with E-state index in [1.165, 1.54) is 11.3 Å². The molecule has 6 nitrogen and oxygen atoms in total. The highest BCUT2D eigenvalue weighted by atomic mass is 32.1. The second-order valence-electron chi connectivity index (χ2n) is 7.61. The topological polar surface area (TPSA) is 64.5 Å². The minimum absolute atomic E-state index is 0.164. The summed E-state index contributed by atoms with van der Waals surface area (Å²) in [5, 5.41) is 0.660. The predicted octanol–water partition coefficient (Wildman–Crippen LogP) is 5.57. The quantitative estimate of drug-likeness (QED) is 0.338. The van der Waals surface area contributed by atoms with Crippen LogP contribution in [0.25, 0.3) is 16.3 Å². The van der Waals surface area contributed by atoms with Crippen LogP contribution < -0.4 is 14.4 Å². The van der Waals surface area contributed by atoms with Gasteiger partial charge in [0.25, 0.3) is 5.91 Å². The van der Waals surface area contributed by atoms with Gasteiger partial charge in [0.2, 0.25) is 0 Å². The first-order chi connectivity index (χ1) is 16.0. The Morgan fingerprint density at radius 1 is 1.06 bits per heavy atom. The fourth-order valence-electron chi connectivity index (χ4n) is 3.49. The van der Waals surface area contributed by atoms with Crippen LogP contribution >= 0.6 is 11.3 Å². The Morgan fingerprint density at radius 3 is 2.55 bits per heavy atom. The third-order valence-electron chi connectivity index (χ3n) is 5.32. The lowest BCUT2D eigenvalue weighted by Crippen LogP contribution is -2.28. The lowest BCUT2D eigenvalue weighted by Gasteiger charge is -2.18. The zero-order valence-corrected chi connectivity index (χ0v) is 19.8. The zero-order valence-electron chi connectivity index (χ0n) is 19.0. The van der Waals surface area contributed by atoms with Crippen molar-refractivity contribution in [2.45, 2.75) is 20.4 Å². The molecule has 33 heavy (non-hydrogen) atoms. The highest BCUT2D eigenvalue weighted by Gasteiger charge is 2.20. The fourth-order valence-corrected chi connectivity index (χ4v) is 4.61. The van der Waals surface area contributed by atoms with Crippen molar-refractivity contribution in [3.63, 3.8) is 0 Å². The predicted molar refractivity (Wildman–Crippen MR) is 133 cm³/mol. The summed E-state index contributed by atoms with van der Waals surface area (Å²) < 4.78 is 11.8. The minimum atomic E-state index is -0.164. The average Bonchev–Trinajstić information content (AvgIpc) is 3.30. The zero-order chi connectivity index (χ0) is 23.4. The first kappa shape index (κ1) is 22.5. The van der Waals surface area contributed by atoms with Crippen LogP contribution in [0.2, 0.25) is 0 Å². The number of nitrogens with zero attached hydrogens (tertiary/aromatic N) is 3. The standard InChI is InChI=1S/C26H25N3O3S/c1-17-7-8-18(2)25-24(17)28-26(33-25)29(16-20-6-5-13-27-15-20)23(30)12-10-19-9-11-21(31-3)22(14-19)32-4/h5-15H,16H2,1-4H3/b12-10+. The SMILES string of the molecule is COc1ccc(/C=C/C(=O)N(Cc2cccnc2)c2nc3c(C)ccc(C)c3s2)cc1OC. The van der Waals surface area contributed by atoms with Gasteiger partial charge < -0.3 is 9.47 Å². The molecule has 2 heterocycles. The number of carbonyl (C=O) groups excluding carboxylic acids is 1. The highest BCUT2D eigenvalue weighted by Crippen LogP contribution is 2.34. The van der Waals surface area contributed by atoms with E-state index in [4.69, 9.17) is 14.5 Å². The van der Waals surface area contributed by atoms with Gasteiger partial charge in [-0.05, 0) is 60.4 Å². The molecule has 0 atom stereocenters. The number of amides is 1. The number of pyridine rings is 1. The maximum atomic E-state index is 13.4. The Kier molecular flexibility index (Phi) is 6.70. The lowest BCUT2D eigenvalue weighted by atomic mass is 10.1. The van der Waals surface area contributed by atoms with E-state index in [-0.39, 0.29) is 5.91 Å². The maximum absolute atomic E-state index is 13.4. The number of methoxy groups -OCH3 is 2. The molecule has 0 spiro atoms. The molecule has 1 amide bonds. The van der Waals surface area contributed by atoms with E-state index in [2.05, 4.69) is 24.0 Å². The van der Waals surface area contributed by atoms with Crippen molar-refractivity contribution in [3.8, 4) is 11.5 Å². The molecule has 4 aromatic rings. The molecule has 2 aromatic heterocycles. The van der Waals surface area contributed by atoms with E-state index in [9.17, 15) is 4.79 Å². The summed E-state index contributed by atoms with van der Waals surface area (Å²) in [6.07, 6.45) is 6.81.